The van der Waals surface area contributed by atoms with Crippen LogP contribution in [0.4, 0.5) is 0 Å². The van der Waals surface area contributed by atoms with Gasteiger partial charge in [-0.2, -0.15) is 0 Å². The van der Waals surface area contributed by atoms with Crippen LogP contribution in [-0.4, -0.2) is 19.1 Å². The quantitative estimate of drug-likeness (QED) is 0.773. The molecule has 1 N–H and O–H groups in total. The van der Waals surface area contributed by atoms with E-state index in [0.29, 0.717) is 17.9 Å². The van der Waals surface area contributed by atoms with E-state index in [0.717, 1.165) is 12.0 Å². The Morgan fingerprint density at radius 2 is 1.72 bits per heavy atom. The molecule has 4 heteroatoms. The molecule has 0 radical (unpaired) electrons. The Hall–Kier alpha value is -2.49. The highest BCUT2D eigenvalue weighted by Crippen LogP contribution is 2.22. The first-order chi connectivity index (χ1) is 12.1. The van der Waals surface area contributed by atoms with Crippen molar-refractivity contribution in [1.29, 1.82) is 0 Å². The largest absolute Gasteiger partial charge is 0.497 e. The molecule has 2 aromatic carbocycles. The van der Waals surface area contributed by atoms with E-state index < -0.39 is 6.10 Å². The molecule has 0 aromatic heterocycles. The molecule has 0 fully saturated rings. The van der Waals surface area contributed by atoms with Crippen LogP contribution in [0.2, 0.25) is 0 Å². The summed E-state index contributed by atoms with van der Waals surface area (Å²) in [7, 11) is 1.61. The van der Waals surface area contributed by atoms with Crippen molar-refractivity contribution in [1.82, 2.24) is 5.32 Å². The second-order valence-electron chi connectivity index (χ2n) is 6.07. The Morgan fingerprint density at radius 3 is 2.32 bits per heavy atom. The minimum atomic E-state index is -0.536. The summed E-state index contributed by atoms with van der Waals surface area (Å²) in [6.45, 7) is 6.06. The average molecular weight is 341 g/mol. The van der Waals surface area contributed by atoms with Crippen molar-refractivity contribution in [3.63, 3.8) is 0 Å². The molecule has 134 valence electrons. The monoisotopic (exact) mass is 341 g/mol. The van der Waals surface area contributed by atoms with E-state index in [-0.39, 0.29) is 11.9 Å². The van der Waals surface area contributed by atoms with E-state index in [2.05, 4.69) is 43.4 Å². The molecular formula is C21H27NO3. The molecule has 0 spiro atoms. The van der Waals surface area contributed by atoms with E-state index in [4.69, 9.17) is 9.47 Å². The van der Waals surface area contributed by atoms with Crippen molar-refractivity contribution in [3.05, 3.63) is 59.7 Å². The van der Waals surface area contributed by atoms with Crippen LogP contribution in [0.5, 0.6) is 11.5 Å². The fourth-order valence-corrected chi connectivity index (χ4v) is 2.65. The fraction of sp³-hybridized carbons (Fsp3) is 0.381. The Balaban J connectivity index is 2.06. The lowest BCUT2D eigenvalue weighted by Gasteiger charge is -2.22. The fourth-order valence-electron chi connectivity index (χ4n) is 2.65. The summed E-state index contributed by atoms with van der Waals surface area (Å²) in [4.78, 5) is 12.7. The molecule has 2 rings (SSSR count). The molecule has 0 saturated carbocycles. The highest BCUT2D eigenvalue weighted by atomic mass is 16.5. The van der Waals surface area contributed by atoms with Gasteiger partial charge in [-0.1, -0.05) is 49.7 Å². The van der Waals surface area contributed by atoms with Gasteiger partial charge < -0.3 is 14.8 Å². The number of carbonyl (C=O) groups is 1. The summed E-state index contributed by atoms with van der Waals surface area (Å²) in [5.41, 5.74) is 2.32. The van der Waals surface area contributed by atoms with E-state index in [1.807, 2.05) is 25.1 Å². The van der Waals surface area contributed by atoms with Gasteiger partial charge in [-0.15, -0.1) is 0 Å². The molecule has 4 nitrogen and oxygen atoms in total. The lowest BCUT2D eigenvalue weighted by Crippen LogP contribution is -2.39. The summed E-state index contributed by atoms with van der Waals surface area (Å²) in [6.07, 6.45) is 0.879. The predicted octanol–water partition coefficient (Wildman–Crippen LogP) is 4.43. The van der Waals surface area contributed by atoms with Crippen molar-refractivity contribution < 1.29 is 14.3 Å². The summed E-state index contributed by atoms with van der Waals surface area (Å²) < 4.78 is 11.1. The van der Waals surface area contributed by atoms with Crippen LogP contribution in [0.3, 0.4) is 0 Å². The third-order valence-electron chi connectivity index (χ3n) is 4.19. The van der Waals surface area contributed by atoms with Crippen LogP contribution in [0.1, 0.15) is 43.9 Å². The first-order valence-electron chi connectivity index (χ1n) is 8.75. The van der Waals surface area contributed by atoms with Crippen LogP contribution in [0.25, 0.3) is 0 Å². The average Bonchev–Trinajstić information content (AvgIpc) is 2.65. The lowest BCUT2D eigenvalue weighted by molar-refractivity contribution is -0.128. The number of hydrogen-bond acceptors (Lipinski definition) is 3. The van der Waals surface area contributed by atoms with E-state index >= 15 is 0 Å². The number of benzene rings is 2. The Morgan fingerprint density at radius 1 is 1.04 bits per heavy atom. The Labute approximate surface area is 150 Å². The second-order valence-corrected chi connectivity index (χ2v) is 6.07. The number of hydrogen-bond donors (Lipinski definition) is 1. The number of amides is 1. The number of carbonyl (C=O) groups excluding carboxylic acids is 1. The van der Waals surface area contributed by atoms with Gasteiger partial charge in [0.1, 0.15) is 11.5 Å². The second kappa shape index (κ2) is 9.11. The molecule has 0 saturated heterocycles. The molecule has 1 amide bonds. The molecule has 0 aliphatic heterocycles. The number of aryl methyl sites for hydroxylation is 1. The molecule has 0 aliphatic rings. The van der Waals surface area contributed by atoms with Crippen LogP contribution in [0, 0.1) is 6.92 Å². The molecule has 25 heavy (non-hydrogen) atoms. The van der Waals surface area contributed by atoms with Crippen molar-refractivity contribution in [2.75, 3.05) is 7.11 Å². The standard InChI is InChI=1S/C21H27NO3/c1-5-19(16-12-10-15(3)11-13-16)22-21(23)20(6-2)25-18-9-7-8-17(14-18)24-4/h7-14,19-20H,5-6H2,1-4H3,(H,22,23)/t19-,20+/m1/s1. The van der Waals surface area contributed by atoms with E-state index in [9.17, 15) is 4.79 Å². The van der Waals surface area contributed by atoms with Crippen molar-refractivity contribution in [3.8, 4) is 11.5 Å². The topological polar surface area (TPSA) is 47.6 Å². The zero-order chi connectivity index (χ0) is 18.2. The van der Waals surface area contributed by atoms with Gasteiger partial charge in [0.25, 0.3) is 5.91 Å². The third kappa shape index (κ3) is 5.24. The number of ether oxygens (including phenoxy) is 2. The lowest BCUT2D eigenvalue weighted by atomic mass is 10.0. The van der Waals surface area contributed by atoms with Crippen LogP contribution >= 0.6 is 0 Å². The minimum absolute atomic E-state index is 0.0175. The molecular weight excluding hydrogens is 314 g/mol. The van der Waals surface area contributed by atoms with Crippen LogP contribution in [0.15, 0.2) is 48.5 Å². The molecule has 0 aliphatic carbocycles. The highest BCUT2D eigenvalue weighted by molar-refractivity contribution is 5.81. The summed E-state index contributed by atoms with van der Waals surface area (Å²) in [5, 5.41) is 3.11. The van der Waals surface area contributed by atoms with Gasteiger partial charge in [-0.3, -0.25) is 4.79 Å². The Kier molecular flexibility index (Phi) is 6.87. The van der Waals surface area contributed by atoms with Crippen molar-refractivity contribution in [2.24, 2.45) is 0 Å². The minimum Gasteiger partial charge on any atom is -0.497 e. The summed E-state index contributed by atoms with van der Waals surface area (Å²) >= 11 is 0. The van der Waals surface area contributed by atoms with Gasteiger partial charge in [0.15, 0.2) is 6.10 Å². The van der Waals surface area contributed by atoms with Gasteiger partial charge in [0, 0.05) is 6.07 Å². The van der Waals surface area contributed by atoms with Gasteiger partial charge >= 0.3 is 0 Å². The normalized spacial score (nSPS) is 13.0. The molecule has 2 atom stereocenters. The van der Waals surface area contributed by atoms with E-state index in [1.165, 1.54) is 5.56 Å². The zero-order valence-electron chi connectivity index (χ0n) is 15.4. The third-order valence-corrected chi connectivity index (χ3v) is 4.19. The van der Waals surface area contributed by atoms with E-state index in [1.54, 1.807) is 13.2 Å². The van der Waals surface area contributed by atoms with Crippen LogP contribution < -0.4 is 14.8 Å². The first-order valence-corrected chi connectivity index (χ1v) is 8.75. The zero-order valence-corrected chi connectivity index (χ0v) is 15.4. The maximum atomic E-state index is 12.7. The molecule has 2 aromatic rings. The van der Waals surface area contributed by atoms with Crippen molar-refractivity contribution >= 4 is 5.91 Å². The number of rotatable bonds is 8. The van der Waals surface area contributed by atoms with Gasteiger partial charge in [-0.05, 0) is 37.5 Å². The summed E-state index contributed by atoms with van der Waals surface area (Å²) in [6, 6.07) is 15.5. The maximum absolute atomic E-state index is 12.7. The Bertz CT molecular complexity index is 682. The van der Waals surface area contributed by atoms with Crippen LogP contribution in [-0.2, 0) is 4.79 Å². The van der Waals surface area contributed by atoms with Crippen molar-refractivity contribution in [2.45, 2.75) is 45.8 Å². The van der Waals surface area contributed by atoms with Gasteiger partial charge in [-0.25, -0.2) is 0 Å². The number of nitrogens with one attached hydrogen (secondary N) is 1. The predicted molar refractivity (Wildman–Crippen MR) is 100 cm³/mol. The van der Waals surface area contributed by atoms with Gasteiger partial charge in [0.05, 0.1) is 13.2 Å². The molecule has 0 heterocycles. The molecule has 0 unspecified atom stereocenters. The number of methoxy groups -OCH3 is 1. The van der Waals surface area contributed by atoms with Gasteiger partial charge in [0.2, 0.25) is 0 Å². The molecule has 0 bridgehead atoms. The first kappa shape index (κ1) is 18.8. The smallest absolute Gasteiger partial charge is 0.261 e. The summed E-state index contributed by atoms with van der Waals surface area (Å²) in [5.74, 6) is 1.24. The maximum Gasteiger partial charge on any atom is 0.261 e. The SMILES string of the molecule is CC[C@H](Oc1cccc(OC)c1)C(=O)N[C@H](CC)c1ccc(C)cc1. The highest BCUT2D eigenvalue weighted by Gasteiger charge is 2.22.